The standard InChI is InChI=1S/C18H23N3O7S/c22-13-14(10-15-2-1-7-28-15)12-19-17-4-3-16(11-18(17)21(23)24)29(25,26)20-5-8-27-9-6-20/h1-4,7,11,14,19,22H,5-6,8-10,12-13H2. The number of nitrogens with one attached hydrogen (secondary N) is 1. The Kier molecular flexibility index (Phi) is 6.85. The zero-order chi connectivity index (χ0) is 20.9. The van der Waals surface area contributed by atoms with E-state index >= 15 is 0 Å². The number of furan rings is 1. The van der Waals surface area contributed by atoms with Gasteiger partial charge < -0.3 is 19.6 Å². The number of sulfonamides is 1. The molecule has 29 heavy (non-hydrogen) atoms. The Morgan fingerprint density at radius 1 is 1.28 bits per heavy atom. The van der Waals surface area contributed by atoms with Gasteiger partial charge in [-0.25, -0.2) is 8.42 Å². The van der Waals surface area contributed by atoms with Gasteiger partial charge in [-0.2, -0.15) is 4.31 Å². The maximum absolute atomic E-state index is 12.7. The highest BCUT2D eigenvalue weighted by Crippen LogP contribution is 2.29. The summed E-state index contributed by atoms with van der Waals surface area (Å²) in [5.41, 5.74) is -0.150. The number of aliphatic hydroxyl groups excluding tert-OH is 1. The van der Waals surface area contributed by atoms with Gasteiger partial charge in [0.15, 0.2) is 0 Å². The number of nitro benzene ring substituents is 1. The zero-order valence-corrected chi connectivity index (χ0v) is 16.5. The van der Waals surface area contributed by atoms with E-state index in [0.717, 1.165) is 6.07 Å². The molecular weight excluding hydrogens is 402 g/mol. The second-order valence-electron chi connectivity index (χ2n) is 6.67. The number of rotatable bonds is 9. The smallest absolute Gasteiger partial charge is 0.293 e. The van der Waals surface area contributed by atoms with Gasteiger partial charge >= 0.3 is 0 Å². The summed E-state index contributed by atoms with van der Waals surface area (Å²) in [5.74, 6) is 0.477. The average molecular weight is 425 g/mol. The van der Waals surface area contributed by atoms with E-state index in [1.165, 1.54) is 22.7 Å². The topological polar surface area (TPSA) is 135 Å². The molecule has 1 unspecified atom stereocenters. The van der Waals surface area contributed by atoms with Crippen molar-refractivity contribution in [2.75, 3.05) is 44.8 Å². The van der Waals surface area contributed by atoms with Crippen LogP contribution in [0.2, 0.25) is 0 Å². The first-order valence-corrected chi connectivity index (χ1v) is 10.6. The molecule has 0 aliphatic carbocycles. The van der Waals surface area contributed by atoms with Crippen LogP contribution in [0.15, 0.2) is 45.9 Å². The highest BCUT2D eigenvalue weighted by atomic mass is 32.2. The molecule has 158 valence electrons. The number of ether oxygens (including phenoxy) is 1. The molecule has 1 aromatic heterocycles. The predicted molar refractivity (Wildman–Crippen MR) is 104 cm³/mol. The summed E-state index contributed by atoms with van der Waals surface area (Å²) < 4.78 is 37.2. The number of aliphatic hydroxyl groups is 1. The van der Waals surface area contributed by atoms with E-state index in [9.17, 15) is 23.6 Å². The fraction of sp³-hybridized carbons (Fsp3) is 0.444. The fourth-order valence-corrected chi connectivity index (χ4v) is 4.51. The van der Waals surface area contributed by atoms with Crippen LogP contribution in [-0.4, -0.2) is 62.2 Å². The molecule has 1 aromatic carbocycles. The Balaban J connectivity index is 1.76. The van der Waals surface area contributed by atoms with Gasteiger partial charge in [-0.05, 0) is 24.3 Å². The van der Waals surface area contributed by atoms with E-state index < -0.39 is 14.9 Å². The molecule has 3 rings (SSSR count). The normalized spacial score (nSPS) is 16.4. The number of nitrogens with zero attached hydrogens (tertiary/aromatic N) is 2. The SMILES string of the molecule is O=[N+]([O-])c1cc(S(=O)(=O)N2CCOCC2)ccc1NCC(CO)Cc1ccco1. The molecule has 1 fully saturated rings. The van der Waals surface area contributed by atoms with Crippen molar-refractivity contribution in [3.05, 3.63) is 52.5 Å². The summed E-state index contributed by atoms with van der Waals surface area (Å²) in [5, 5.41) is 24.0. The lowest BCUT2D eigenvalue weighted by molar-refractivity contribution is -0.384. The highest BCUT2D eigenvalue weighted by molar-refractivity contribution is 7.89. The van der Waals surface area contributed by atoms with Crippen LogP contribution < -0.4 is 5.32 Å². The minimum absolute atomic E-state index is 0.133. The van der Waals surface area contributed by atoms with Gasteiger partial charge in [-0.1, -0.05) is 0 Å². The lowest BCUT2D eigenvalue weighted by atomic mass is 10.0. The van der Waals surface area contributed by atoms with Gasteiger partial charge in [-0.3, -0.25) is 10.1 Å². The molecule has 0 saturated carbocycles. The number of hydrogen-bond donors (Lipinski definition) is 2. The Morgan fingerprint density at radius 3 is 2.66 bits per heavy atom. The van der Waals surface area contributed by atoms with E-state index in [2.05, 4.69) is 5.32 Å². The zero-order valence-electron chi connectivity index (χ0n) is 15.7. The van der Waals surface area contributed by atoms with E-state index in [0.29, 0.717) is 25.4 Å². The summed E-state index contributed by atoms with van der Waals surface area (Å²) in [7, 11) is -3.84. The first kappa shape index (κ1) is 21.2. The summed E-state index contributed by atoms with van der Waals surface area (Å²) in [4.78, 5) is 10.8. The number of benzene rings is 1. The second-order valence-corrected chi connectivity index (χ2v) is 8.60. The molecule has 11 heteroatoms. The van der Waals surface area contributed by atoms with Gasteiger partial charge in [0.2, 0.25) is 10.0 Å². The molecule has 1 aliphatic rings. The molecule has 2 heterocycles. The Morgan fingerprint density at radius 2 is 2.03 bits per heavy atom. The molecule has 0 spiro atoms. The van der Waals surface area contributed by atoms with Gasteiger partial charge in [-0.15, -0.1) is 0 Å². The number of anilines is 1. The summed E-state index contributed by atoms with van der Waals surface area (Å²) in [6.07, 6.45) is 2.00. The Bertz CT molecular complexity index is 925. The van der Waals surface area contributed by atoms with E-state index in [4.69, 9.17) is 9.15 Å². The lowest BCUT2D eigenvalue weighted by Crippen LogP contribution is -2.40. The first-order chi connectivity index (χ1) is 13.9. The van der Waals surface area contributed by atoms with Crippen molar-refractivity contribution in [3.63, 3.8) is 0 Å². The quantitative estimate of drug-likeness (QED) is 0.455. The highest BCUT2D eigenvalue weighted by Gasteiger charge is 2.29. The van der Waals surface area contributed by atoms with Crippen LogP contribution in [0.1, 0.15) is 5.76 Å². The largest absolute Gasteiger partial charge is 0.469 e. The maximum atomic E-state index is 12.7. The van der Waals surface area contributed by atoms with E-state index in [-0.39, 0.29) is 48.4 Å². The third-order valence-corrected chi connectivity index (χ3v) is 6.58. The van der Waals surface area contributed by atoms with Crippen LogP contribution in [0.3, 0.4) is 0 Å². The van der Waals surface area contributed by atoms with Crippen LogP contribution in [0.5, 0.6) is 0 Å². The number of nitro groups is 1. The van der Waals surface area contributed by atoms with Crippen LogP contribution in [-0.2, 0) is 21.2 Å². The van der Waals surface area contributed by atoms with Crippen LogP contribution in [0, 0.1) is 16.0 Å². The number of hydrogen-bond acceptors (Lipinski definition) is 8. The van der Waals surface area contributed by atoms with Crippen LogP contribution in [0.25, 0.3) is 0 Å². The molecule has 1 atom stereocenters. The van der Waals surface area contributed by atoms with Crippen LogP contribution >= 0.6 is 0 Å². The molecule has 2 N–H and O–H groups in total. The molecule has 2 aromatic rings. The molecule has 0 bridgehead atoms. The third-order valence-electron chi connectivity index (χ3n) is 4.68. The minimum atomic E-state index is -3.84. The molecular formula is C18H23N3O7S. The maximum Gasteiger partial charge on any atom is 0.293 e. The van der Waals surface area contributed by atoms with Gasteiger partial charge in [0.25, 0.3) is 5.69 Å². The summed E-state index contributed by atoms with van der Waals surface area (Å²) in [6.45, 7) is 1.12. The van der Waals surface area contributed by atoms with E-state index in [1.807, 2.05) is 0 Å². The van der Waals surface area contributed by atoms with Crippen molar-refractivity contribution in [1.82, 2.24) is 4.31 Å². The van der Waals surface area contributed by atoms with Gasteiger partial charge in [0, 0.05) is 44.6 Å². The second kappa shape index (κ2) is 9.35. The van der Waals surface area contributed by atoms with Gasteiger partial charge in [0.1, 0.15) is 11.4 Å². The number of morpholine rings is 1. The third kappa shape index (κ3) is 5.12. The molecule has 0 radical (unpaired) electrons. The van der Waals surface area contributed by atoms with Crippen LogP contribution in [0.4, 0.5) is 11.4 Å². The molecule has 10 nitrogen and oxygen atoms in total. The summed E-state index contributed by atoms with van der Waals surface area (Å²) in [6, 6.07) is 7.33. The van der Waals surface area contributed by atoms with Crippen molar-refractivity contribution in [1.29, 1.82) is 0 Å². The average Bonchev–Trinajstić information content (AvgIpc) is 3.24. The van der Waals surface area contributed by atoms with Crippen molar-refractivity contribution in [2.45, 2.75) is 11.3 Å². The van der Waals surface area contributed by atoms with Crippen molar-refractivity contribution >= 4 is 21.4 Å². The molecule has 1 saturated heterocycles. The van der Waals surface area contributed by atoms with Crippen molar-refractivity contribution in [2.24, 2.45) is 5.92 Å². The molecule has 0 amide bonds. The van der Waals surface area contributed by atoms with E-state index in [1.54, 1.807) is 12.1 Å². The lowest BCUT2D eigenvalue weighted by Gasteiger charge is -2.26. The van der Waals surface area contributed by atoms with Crippen molar-refractivity contribution < 1.29 is 27.6 Å². The summed E-state index contributed by atoms with van der Waals surface area (Å²) >= 11 is 0. The Labute approximate surface area is 168 Å². The van der Waals surface area contributed by atoms with Crippen molar-refractivity contribution in [3.8, 4) is 0 Å². The predicted octanol–water partition coefficient (Wildman–Crippen LogP) is 1.47. The Hall–Kier alpha value is -2.47. The fourth-order valence-electron chi connectivity index (χ4n) is 3.08. The molecule has 1 aliphatic heterocycles. The van der Waals surface area contributed by atoms with Gasteiger partial charge in [0.05, 0.1) is 29.3 Å². The first-order valence-electron chi connectivity index (χ1n) is 9.15. The minimum Gasteiger partial charge on any atom is -0.469 e. The monoisotopic (exact) mass is 425 g/mol.